The van der Waals surface area contributed by atoms with E-state index >= 15 is 0 Å². The minimum atomic E-state index is -3.10. The Labute approximate surface area is 192 Å². The van der Waals surface area contributed by atoms with Crippen LogP contribution in [0.15, 0.2) is 23.3 Å². The molecule has 0 amide bonds. The van der Waals surface area contributed by atoms with Gasteiger partial charge in [-0.2, -0.15) is 0 Å². The lowest BCUT2D eigenvalue weighted by molar-refractivity contribution is 0.305. The van der Waals surface area contributed by atoms with Crippen molar-refractivity contribution in [2.45, 2.75) is 52.6 Å². The Morgan fingerprint density at radius 3 is 2.55 bits per heavy atom. The van der Waals surface area contributed by atoms with Crippen LogP contribution in [0.3, 0.4) is 0 Å². The molecule has 2 N–H and O–H groups in total. The van der Waals surface area contributed by atoms with Crippen molar-refractivity contribution in [2.75, 3.05) is 32.0 Å². The normalized spacial score (nSPS) is 16.2. The summed E-state index contributed by atoms with van der Waals surface area (Å²) >= 11 is 0. The molecule has 1 aliphatic heterocycles. The second-order valence-electron chi connectivity index (χ2n) is 6.77. The van der Waals surface area contributed by atoms with Gasteiger partial charge in [-0.25, -0.2) is 22.7 Å². The van der Waals surface area contributed by atoms with Gasteiger partial charge in [0.25, 0.3) is 0 Å². The number of hydrogen-bond acceptors (Lipinski definition) is 5. The van der Waals surface area contributed by atoms with E-state index in [0.717, 1.165) is 37.3 Å². The fourth-order valence-electron chi connectivity index (χ4n) is 2.94. The zero-order valence-corrected chi connectivity index (χ0v) is 20.7. The molecule has 29 heavy (non-hydrogen) atoms. The molecule has 166 valence electrons. The predicted molar refractivity (Wildman–Crippen MR) is 127 cm³/mol. The van der Waals surface area contributed by atoms with Crippen LogP contribution >= 0.6 is 24.0 Å². The second kappa shape index (κ2) is 13.2. The van der Waals surface area contributed by atoms with Crippen LogP contribution in [0, 0.1) is 0 Å². The zero-order chi connectivity index (χ0) is 20.4. The van der Waals surface area contributed by atoms with Crippen LogP contribution in [0.5, 0.6) is 5.88 Å². The Kier molecular flexibility index (Phi) is 11.8. The molecule has 0 atom stereocenters. The molecule has 0 aliphatic carbocycles. The number of piperidine rings is 1. The van der Waals surface area contributed by atoms with Crippen molar-refractivity contribution in [1.82, 2.24) is 19.9 Å². The number of nitrogens with one attached hydrogen (secondary N) is 2. The number of pyridine rings is 1. The van der Waals surface area contributed by atoms with E-state index in [2.05, 4.69) is 27.5 Å². The van der Waals surface area contributed by atoms with Crippen LogP contribution in [0.4, 0.5) is 0 Å². The molecule has 1 saturated heterocycles. The Morgan fingerprint density at radius 1 is 1.28 bits per heavy atom. The number of guanidine groups is 1. The monoisotopic (exact) mass is 539 g/mol. The molecule has 2 rings (SSSR count). The number of nitrogens with zero attached hydrogens (tertiary/aromatic N) is 3. The topological polar surface area (TPSA) is 95.9 Å². The highest BCUT2D eigenvalue weighted by atomic mass is 127. The molecule has 1 aliphatic rings. The Balaban J connectivity index is 0.00000420. The van der Waals surface area contributed by atoms with Gasteiger partial charge in [0.05, 0.1) is 18.9 Å². The molecule has 0 bridgehead atoms. The lowest BCUT2D eigenvalue weighted by Gasteiger charge is -2.32. The standard InChI is InChI=1S/C19H33N5O3S.HI/c1-4-13-27-18-8-7-16(14-21-18)15-22-19(20-5-2)23-17-9-11-24(12-10-17)28(25,26)6-3;/h7-8,14,17H,4-6,9-13,15H2,1-3H3,(H2,20,22,23);1H. The average Bonchev–Trinajstić information content (AvgIpc) is 2.72. The highest BCUT2D eigenvalue weighted by molar-refractivity contribution is 14.0. The number of sulfonamides is 1. The Hall–Kier alpha value is -1.14. The fourth-order valence-corrected chi connectivity index (χ4v) is 4.07. The number of rotatable bonds is 9. The first kappa shape index (κ1) is 25.9. The van der Waals surface area contributed by atoms with E-state index in [9.17, 15) is 8.42 Å². The number of aromatic nitrogens is 1. The fraction of sp³-hybridized carbons (Fsp3) is 0.684. The average molecular weight is 539 g/mol. The second-order valence-corrected chi connectivity index (χ2v) is 9.02. The Morgan fingerprint density at radius 2 is 2.00 bits per heavy atom. The van der Waals surface area contributed by atoms with Gasteiger partial charge in [0.2, 0.25) is 15.9 Å². The summed E-state index contributed by atoms with van der Waals surface area (Å²) in [6.07, 6.45) is 4.28. The van der Waals surface area contributed by atoms with Crippen LogP contribution < -0.4 is 15.4 Å². The maximum absolute atomic E-state index is 12.0. The van der Waals surface area contributed by atoms with E-state index in [-0.39, 0.29) is 35.8 Å². The van der Waals surface area contributed by atoms with E-state index in [4.69, 9.17) is 4.74 Å². The van der Waals surface area contributed by atoms with Crippen molar-refractivity contribution in [2.24, 2.45) is 4.99 Å². The summed E-state index contributed by atoms with van der Waals surface area (Å²) in [5.74, 6) is 1.53. The van der Waals surface area contributed by atoms with Gasteiger partial charge in [-0.3, -0.25) is 0 Å². The van der Waals surface area contributed by atoms with E-state index in [1.807, 2.05) is 19.1 Å². The molecule has 0 unspecified atom stereocenters. The largest absolute Gasteiger partial charge is 0.478 e. The highest BCUT2D eigenvalue weighted by Crippen LogP contribution is 2.14. The number of halogens is 1. The first-order chi connectivity index (χ1) is 13.5. The zero-order valence-electron chi connectivity index (χ0n) is 17.6. The maximum atomic E-state index is 12.0. The van der Waals surface area contributed by atoms with E-state index in [0.29, 0.717) is 32.1 Å². The third kappa shape index (κ3) is 8.63. The van der Waals surface area contributed by atoms with E-state index < -0.39 is 10.0 Å². The van der Waals surface area contributed by atoms with Gasteiger partial charge in [-0.15, -0.1) is 24.0 Å². The lowest BCUT2D eigenvalue weighted by atomic mass is 10.1. The Bertz CT molecular complexity index is 720. The van der Waals surface area contributed by atoms with Crippen molar-refractivity contribution in [3.8, 4) is 5.88 Å². The van der Waals surface area contributed by atoms with Crippen molar-refractivity contribution in [3.05, 3.63) is 23.9 Å². The summed E-state index contributed by atoms with van der Waals surface area (Å²) < 4.78 is 31.0. The van der Waals surface area contributed by atoms with E-state index in [1.54, 1.807) is 17.4 Å². The van der Waals surface area contributed by atoms with Crippen molar-refractivity contribution in [1.29, 1.82) is 0 Å². The molecule has 10 heteroatoms. The van der Waals surface area contributed by atoms with Crippen molar-refractivity contribution >= 4 is 40.0 Å². The maximum Gasteiger partial charge on any atom is 0.213 e. The number of ether oxygens (including phenoxy) is 1. The van der Waals surface area contributed by atoms with Gasteiger partial charge in [0, 0.05) is 37.9 Å². The molecule has 1 aromatic rings. The van der Waals surface area contributed by atoms with Crippen LogP contribution in [0.25, 0.3) is 0 Å². The van der Waals surface area contributed by atoms with Crippen LogP contribution in [-0.4, -0.2) is 61.7 Å². The van der Waals surface area contributed by atoms with Gasteiger partial charge < -0.3 is 15.4 Å². The van der Waals surface area contributed by atoms with Gasteiger partial charge >= 0.3 is 0 Å². The molecular weight excluding hydrogens is 505 g/mol. The van der Waals surface area contributed by atoms with Crippen LogP contribution in [-0.2, 0) is 16.6 Å². The molecule has 2 heterocycles. The SMILES string of the molecule is CCCOc1ccc(CN=C(NCC)NC2CCN(S(=O)(=O)CC)CC2)cn1.I. The lowest BCUT2D eigenvalue weighted by Crippen LogP contribution is -2.50. The summed E-state index contributed by atoms with van der Waals surface area (Å²) in [6, 6.07) is 4.05. The predicted octanol–water partition coefficient (Wildman–Crippen LogP) is 2.36. The van der Waals surface area contributed by atoms with Gasteiger partial charge in [-0.05, 0) is 38.7 Å². The molecule has 0 aromatic carbocycles. The number of aliphatic imine (C=N–C) groups is 1. The first-order valence-electron chi connectivity index (χ1n) is 10.1. The minimum Gasteiger partial charge on any atom is -0.478 e. The summed E-state index contributed by atoms with van der Waals surface area (Å²) in [7, 11) is -3.10. The van der Waals surface area contributed by atoms with Crippen molar-refractivity contribution in [3.63, 3.8) is 0 Å². The van der Waals surface area contributed by atoms with Gasteiger partial charge in [0.15, 0.2) is 5.96 Å². The van der Waals surface area contributed by atoms with Crippen LogP contribution in [0.1, 0.15) is 45.6 Å². The van der Waals surface area contributed by atoms with Gasteiger partial charge in [-0.1, -0.05) is 13.0 Å². The van der Waals surface area contributed by atoms with Crippen LogP contribution in [0.2, 0.25) is 0 Å². The first-order valence-corrected chi connectivity index (χ1v) is 11.7. The molecular formula is C19H34IN5O3S. The molecule has 8 nitrogen and oxygen atoms in total. The van der Waals surface area contributed by atoms with Gasteiger partial charge in [0.1, 0.15) is 0 Å². The summed E-state index contributed by atoms with van der Waals surface area (Å²) in [5, 5.41) is 6.68. The molecule has 0 radical (unpaired) electrons. The number of hydrogen-bond donors (Lipinski definition) is 2. The quantitative estimate of drug-likeness (QED) is 0.284. The molecule has 1 aromatic heterocycles. The smallest absolute Gasteiger partial charge is 0.213 e. The minimum absolute atomic E-state index is 0. The van der Waals surface area contributed by atoms with Crippen molar-refractivity contribution < 1.29 is 13.2 Å². The summed E-state index contributed by atoms with van der Waals surface area (Å²) in [6.45, 7) is 8.81. The molecule has 0 saturated carbocycles. The summed E-state index contributed by atoms with van der Waals surface area (Å²) in [4.78, 5) is 8.94. The summed E-state index contributed by atoms with van der Waals surface area (Å²) in [5.41, 5.74) is 1.00. The highest BCUT2D eigenvalue weighted by Gasteiger charge is 2.26. The molecule has 0 spiro atoms. The third-order valence-electron chi connectivity index (χ3n) is 4.57. The molecule has 1 fully saturated rings. The third-order valence-corrected chi connectivity index (χ3v) is 6.45. The van der Waals surface area contributed by atoms with E-state index in [1.165, 1.54) is 0 Å².